The number of hydrogen-bond donors (Lipinski definition) is 0. The summed E-state index contributed by atoms with van der Waals surface area (Å²) in [4.78, 5) is 0. The van der Waals surface area contributed by atoms with Crippen LogP contribution in [0.2, 0.25) is 0 Å². The summed E-state index contributed by atoms with van der Waals surface area (Å²) in [5.41, 5.74) is 8.11. The van der Waals surface area contributed by atoms with E-state index >= 15 is 0 Å². The summed E-state index contributed by atoms with van der Waals surface area (Å²) in [7, 11) is 0. The Morgan fingerprint density at radius 2 is 1.95 bits per heavy atom. The lowest BCUT2D eigenvalue weighted by molar-refractivity contribution is 0.314. The molecule has 0 saturated carbocycles. The number of halogens is 1. The Hall–Kier alpha value is -1.28. The Morgan fingerprint density at radius 3 is 2.75 bits per heavy atom. The Morgan fingerprint density at radius 1 is 1.15 bits per heavy atom. The van der Waals surface area contributed by atoms with Crippen molar-refractivity contribution in [2.24, 2.45) is 0 Å². The SMILES string of the molecule is Cc1cc2c(c(OCCCBr)c1C)Cc1ccccc1-2. The van der Waals surface area contributed by atoms with Crippen molar-refractivity contribution in [1.29, 1.82) is 0 Å². The topological polar surface area (TPSA) is 9.23 Å². The Balaban J connectivity index is 2.06. The molecule has 1 nitrogen and oxygen atoms in total. The highest BCUT2D eigenvalue weighted by Gasteiger charge is 2.23. The van der Waals surface area contributed by atoms with Crippen molar-refractivity contribution < 1.29 is 4.74 Å². The van der Waals surface area contributed by atoms with Gasteiger partial charge >= 0.3 is 0 Å². The van der Waals surface area contributed by atoms with E-state index in [4.69, 9.17) is 4.74 Å². The monoisotopic (exact) mass is 330 g/mol. The highest BCUT2D eigenvalue weighted by Crippen LogP contribution is 2.43. The van der Waals surface area contributed by atoms with Crippen LogP contribution in [0.15, 0.2) is 30.3 Å². The van der Waals surface area contributed by atoms with E-state index in [1.54, 1.807) is 0 Å². The summed E-state index contributed by atoms with van der Waals surface area (Å²) in [6.45, 7) is 5.12. The van der Waals surface area contributed by atoms with Gasteiger partial charge < -0.3 is 4.74 Å². The fourth-order valence-corrected chi connectivity index (χ4v) is 3.14. The third-order valence-electron chi connectivity index (χ3n) is 4.09. The summed E-state index contributed by atoms with van der Waals surface area (Å²) < 4.78 is 6.10. The molecule has 0 atom stereocenters. The van der Waals surface area contributed by atoms with Gasteiger partial charge in [0.25, 0.3) is 0 Å². The van der Waals surface area contributed by atoms with Gasteiger partial charge in [-0.15, -0.1) is 0 Å². The highest BCUT2D eigenvalue weighted by molar-refractivity contribution is 9.09. The number of alkyl halides is 1. The predicted molar refractivity (Wildman–Crippen MR) is 88.1 cm³/mol. The zero-order valence-corrected chi connectivity index (χ0v) is 13.6. The minimum Gasteiger partial charge on any atom is -0.493 e. The van der Waals surface area contributed by atoms with Gasteiger partial charge in [-0.05, 0) is 48.1 Å². The average Bonchev–Trinajstić information content (AvgIpc) is 2.81. The second-order valence-electron chi connectivity index (χ2n) is 5.40. The summed E-state index contributed by atoms with van der Waals surface area (Å²) in [6, 6.07) is 11.0. The Bertz CT molecular complexity index is 646. The highest BCUT2D eigenvalue weighted by atomic mass is 79.9. The predicted octanol–water partition coefficient (Wildman–Crippen LogP) is 5.04. The molecule has 1 aliphatic carbocycles. The molecule has 3 rings (SSSR count). The van der Waals surface area contributed by atoms with Crippen LogP contribution < -0.4 is 4.74 Å². The average molecular weight is 331 g/mol. The molecule has 0 aliphatic heterocycles. The molecule has 0 amide bonds. The first-order valence-corrected chi connectivity index (χ1v) is 8.24. The standard InChI is InChI=1S/C18H19BrO/c1-12-10-16-15-7-4-3-6-14(15)11-17(16)18(13(12)2)20-9-5-8-19/h3-4,6-7,10H,5,8-9,11H2,1-2H3. The third kappa shape index (κ3) is 2.26. The second kappa shape index (κ2) is 5.61. The molecule has 104 valence electrons. The summed E-state index contributed by atoms with van der Waals surface area (Å²) >= 11 is 3.46. The van der Waals surface area contributed by atoms with Crippen LogP contribution in [-0.4, -0.2) is 11.9 Å². The first-order chi connectivity index (χ1) is 9.72. The minimum atomic E-state index is 0.776. The smallest absolute Gasteiger partial charge is 0.126 e. The summed E-state index contributed by atoms with van der Waals surface area (Å²) in [6.07, 6.45) is 2.03. The fraction of sp³-hybridized carbons (Fsp3) is 0.333. The number of benzene rings is 2. The van der Waals surface area contributed by atoms with E-state index in [0.717, 1.165) is 30.5 Å². The van der Waals surface area contributed by atoms with Crippen molar-refractivity contribution in [2.75, 3.05) is 11.9 Å². The number of fused-ring (bicyclic) bond motifs is 3. The quantitative estimate of drug-likeness (QED) is 0.481. The fourth-order valence-electron chi connectivity index (χ4n) is 2.91. The van der Waals surface area contributed by atoms with Crippen LogP contribution in [0.4, 0.5) is 0 Å². The van der Waals surface area contributed by atoms with E-state index in [2.05, 4.69) is 60.1 Å². The second-order valence-corrected chi connectivity index (χ2v) is 6.19. The van der Waals surface area contributed by atoms with E-state index in [1.165, 1.54) is 33.4 Å². The lowest BCUT2D eigenvalue weighted by Crippen LogP contribution is -2.03. The Labute approximate surface area is 129 Å². The number of hydrogen-bond acceptors (Lipinski definition) is 1. The molecule has 0 heterocycles. The molecule has 0 bridgehead atoms. The molecular weight excluding hydrogens is 312 g/mol. The van der Waals surface area contributed by atoms with E-state index in [0.29, 0.717) is 0 Å². The number of rotatable bonds is 4. The van der Waals surface area contributed by atoms with Gasteiger partial charge in [-0.3, -0.25) is 0 Å². The molecule has 20 heavy (non-hydrogen) atoms. The van der Waals surface area contributed by atoms with E-state index in [9.17, 15) is 0 Å². The zero-order valence-electron chi connectivity index (χ0n) is 12.0. The van der Waals surface area contributed by atoms with Gasteiger partial charge in [0.1, 0.15) is 5.75 Å². The van der Waals surface area contributed by atoms with Crippen molar-refractivity contribution in [1.82, 2.24) is 0 Å². The molecule has 0 radical (unpaired) electrons. The van der Waals surface area contributed by atoms with Crippen molar-refractivity contribution in [2.45, 2.75) is 26.7 Å². The maximum atomic E-state index is 6.10. The maximum absolute atomic E-state index is 6.10. The van der Waals surface area contributed by atoms with Crippen molar-refractivity contribution >= 4 is 15.9 Å². The van der Waals surface area contributed by atoms with Crippen LogP contribution in [0.25, 0.3) is 11.1 Å². The molecule has 0 aromatic heterocycles. The van der Waals surface area contributed by atoms with Crippen LogP contribution in [0.1, 0.15) is 28.7 Å². The van der Waals surface area contributed by atoms with Gasteiger partial charge in [0, 0.05) is 17.3 Å². The molecule has 2 aromatic carbocycles. The molecule has 0 spiro atoms. The molecule has 2 aromatic rings. The molecule has 0 fully saturated rings. The molecular formula is C18H19BrO. The molecule has 0 saturated heterocycles. The van der Waals surface area contributed by atoms with E-state index in [-0.39, 0.29) is 0 Å². The molecule has 1 aliphatic rings. The zero-order chi connectivity index (χ0) is 14.1. The minimum absolute atomic E-state index is 0.776. The van der Waals surface area contributed by atoms with Gasteiger partial charge in [-0.25, -0.2) is 0 Å². The van der Waals surface area contributed by atoms with Gasteiger partial charge in [0.2, 0.25) is 0 Å². The first kappa shape index (κ1) is 13.7. The summed E-state index contributed by atoms with van der Waals surface area (Å²) in [5.74, 6) is 1.11. The Kier molecular flexibility index (Phi) is 3.84. The number of aryl methyl sites for hydroxylation is 1. The van der Waals surface area contributed by atoms with Crippen molar-refractivity contribution in [3.05, 3.63) is 52.6 Å². The largest absolute Gasteiger partial charge is 0.493 e. The van der Waals surface area contributed by atoms with Gasteiger partial charge in [-0.1, -0.05) is 46.3 Å². The van der Waals surface area contributed by atoms with Crippen molar-refractivity contribution in [3.63, 3.8) is 0 Å². The van der Waals surface area contributed by atoms with Crippen LogP contribution in [0.3, 0.4) is 0 Å². The molecule has 0 unspecified atom stereocenters. The van der Waals surface area contributed by atoms with Gasteiger partial charge in [0.05, 0.1) is 6.61 Å². The van der Waals surface area contributed by atoms with Crippen molar-refractivity contribution in [3.8, 4) is 16.9 Å². The van der Waals surface area contributed by atoms with Gasteiger partial charge in [-0.2, -0.15) is 0 Å². The molecule has 0 N–H and O–H groups in total. The van der Waals surface area contributed by atoms with Crippen LogP contribution in [0.5, 0.6) is 5.75 Å². The van der Waals surface area contributed by atoms with Crippen LogP contribution in [-0.2, 0) is 6.42 Å². The lowest BCUT2D eigenvalue weighted by atomic mass is 9.98. The van der Waals surface area contributed by atoms with E-state index < -0.39 is 0 Å². The van der Waals surface area contributed by atoms with Crippen LogP contribution >= 0.6 is 15.9 Å². The van der Waals surface area contributed by atoms with Crippen LogP contribution in [0, 0.1) is 13.8 Å². The number of ether oxygens (including phenoxy) is 1. The van der Waals surface area contributed by atoms with E-state index in [1.807, 2.05) is 0 Å². The summed E-state index contributed by atoms with van der Waals surface area (Å²) in [5, 5.41) is 0.986. The third-order valence-corrected chi connectivity index (χ3v) is 4.65. The first-order valence-electron chi connectivity index (χ1n) is 7.12. The van der Waals surface area contributed by atoms with Gasteiger partial charge in [0.15, 0.2) is 0 Å². The lowest BCUT2D eigenvalue weighted by Gasteiger charge is -2.16. The maximum Gasteiger partial charge on any atom is 0.126 e. The normalized spacial score (nSPS) is 12.2. The molecule has 2 heteroatoms.